The Labute approximate surface area is 198 Å². The van der Waals surface area contributed by atoms with E-state index in [9.17, 15) is 28.0 Å². The lowest BCUT2D eigenvalue weighted by atomic mass is 9.85. The fourth-order valence-electron chi connectivity index (χ4n) is 5.83. The Morgan fingerprint density at radius 2 is 1.91 bits per heavy atom. The molecule has 1 aliphatic carbocycles. The van der Waals surface area contributed by atoms with Gasteiger partial charge in [-0.1, -0.05) is 13.8 Å². The van der Waals surface area contributed by atoms with Crippen LogP contribution in [0.4, 0.5) is 13.2 Å². The Morgan fingerprint density at radius 3 is 2.53 bits per heavy atom. The zero-order chi connectivity index (χ0) is 24.6. The molecule has 4 rings (SSSR count). The monoisotopic (exact) mass is 474 g/mol. The third-order valence-corrected chi connectivity index (χ3v) is 7.70. The van der Waals surface area contributed by atoms with E-state index in [0.29, 0.717) is 44.8 Å². The summed E-state index contributed by atoms with van der Waals surface area (Å²) < 4.78 is 41.4. The maximum atomic E-state index is 14.3. The van der Waals surface area contributed by atoms with Gasteiger partial charge in [-0.3, -0.25) is 9.69 Å². The first kappa shape index (κ1) is 24.7. The quantitative estimate of drug-likeness (QED) is 0.400. The summed E-state index contributed by atoms with van der Waals surface area (Å²) in [5.41, 5.74) is -0.736. The molecular formula is C26H31F3N3O2. The Balaban J connectivity index is 1.46. The maximum absolute atomic E-state index is 14.3. The largest absolute Gasteiger partial charge is 0.339 e. The van der Waals surface area contributed by atoms with E-state index in [-0.39, 0.29) is 35.8 Å². The van der Waals surface area contributed by atoms with E-state index in [1.165, 1.54) is 0 Å². The lowest BCUT2D eigenvalue weighted by molar-refractivity contribution is -0.134. The number of hydrogen-bond donors (Lipinski definition) is 0. The summed E-state index contributed by atoms with van der Waals surface area (Å²) in [4.78, 5) is 29.0. The third-order valence-electron chi connectivity index (χ3n) is 7.70. The fourth-order valence-corrected chi connectivity index (χ4v) is 5.83. The summed E-state index contributed by atoms with van der Waals surface area (Å²) in [6, 6.07) is 3.31. The van der Waals surface area contributed by atoms with Crippen molar-refractivity contribution in [3.63, 3.8) is 0 Å². The van der Waals surface area contributed by atoms with E-state index in [2.05, 4.69) is 11.0 Å². The van der Waals surface area contributed by atoms with Crippen molar-refractivity contribution >= 4 is 12.2 Å². The molecule has 1 saturated carbocycles. The van der Waals surface area contributed by atoms with Crippen molar-refractivity contribution in [3.05, 3.63) is 41.1 Å². The summed E-state index contributed by atoms with van der Waals surface area (Å²) in [6.07, 6.45) is 4.33. The molecular weight excluding hydrogens is 443 g/mol. The van der Waals surface area contributed by atoms with E-state index < -0.39 is 28.9 Å². The van der Waals surface area contributed by atoms with Gasteiger partial charge in [0.25, 0.3) is 0 Å². The maximum Gasteiger partial charge on any atom is 0.243 e. The zero-order valence-corrected chi connectivity index (χ0v) is 19.7. The first-order chi connectivity index (χ1) is 16.2. The van der Waals surface area contributed by atoms with Crippen LogP contribution in [0.5, 0.6) is 0 Å². The molecule has 0 N–H and O–H groups in total. The molecule has 2 saturated heterocycles. The normalized spacial score (nSPS) is 25.1. The van der Waals surface area contributed by atoms with Crippen molar-refractivity contribution < 1.29 is 22.8 Å². The van der Waals surface area contributed by atoms with Gasteiger partial charge in [0.05, 0.1) is 12.1 Å². The molecule has 183 valence electrons. The second-order valence-electron chi connectivity index (χ2n) is 10.5. The average molecular weight is 475 g/mol. The smallest absolute Gasteiger partial charge is 0.243 e. The number of hydrogen-bond acceptors (Lipinski definition) is 4. The molecule has 2 aliphatic heterocycles. The highest BCUT2D eigenvalue weighted by molar-refractivity contribution is 5.88. The van der Waals surface area contributed by atoms with Gasteiger partial charge in [0.2, 0.25) is 5.91 Å². The first-order valence-corrected chi connectivity index (χ1v) is 12.0. The molecule has 2 unspecified atom stereocenters. The van der Waals surface area contributed by atoms with E-state index in [1.807, 2.05) is 13.8 Å². The van der Waals surface area contributed by atoms with E-state index >= 15 is 0 Å². The minimum absolute atomic E-state index is 0.0565. The molecule has 34 heavy (non-hydrogen) atoms. The number of nitriles is 1. The number of nitrogens with zero attached hydrogens (tertiary/aromatic N) is 3. The second-order valence-corrected chi connectivity index (χ2v) is 10.5. The number of carbonyl (C=O) groups is 2. The molecule has 3 aliphatic rings. The number of fused-ring (bicyclic) bond motifs is 1. The van der Waals surface area contributed by atoms with Crippen molar-refractivity contribution in [2.24, 2.45) is 17.3 Å². The molecule has 0 bridgehead atoms. The van der Waals surface area contributed by atoms with Crippen LogP contribution < -0.4 is 0 Å². The predicted octanol–water partition coefficient (Wildman–Crippen LogP) is 4.06. The van der Waals surface area contributed by atoms with E-state index in [1.54, 1.807) is 4.90 Å². The number of carbonyl (C=O) groups excluding carboxylic acids is 2. The van der Waals surface area contributed by atoms with Crippen molar-refractivity contribution in [1.82, 2.24) is 9.80 Å². The molecule has 0 spiro atoms. The summed E-state index contributed by atoms with van der Waals surface area (Å²) in [5.74, 6) is -1.90. The highest BCUT2D eigenvalue weighted by Gasteiger charge is 2.55. The van der Waals surface area contributed by atoms with Crippen molar-refractivity contribution in [1.29, 1.82) is 5.26 Å². The number of amides is 1. The standard InChI is InChI=1S/C26H31F3N3O2/c1-16(2)7-17(8-19-10-22(28)23(29)11-21(19)27)9-20(14-33)32-6-3-18-12-31(13-24(18)32)25(34)26(15-30)4-5-26/h10-11,14,17-18,20,24H,3-9,12-13H2,1-2H3/t17?,18-,20?,24+/m0/s1. The van der Waals surface area contributed by atoms with Crippen LogP contribution in [-0.4, -0.2) is 53.7 Å². The second kappa shape index (κ2) is 9.69. The van der Waals surface area contributed by atoms with Crippen LogP contribution in [0.3, 0.4) is 0 Å². The molecule has 3 fully saturated rings. The molecule has 4 atom stereocenters. The molecule has 1 amide bonds. The van der Waals surface area contributed by atoms with Crippen LogP contribution in [0.1, 0.15) is 51.5 Å². The van der Waals surface area contributed by atoms with E-state index in [0.717, 1.165) is 31.2 Å². The van der Waals surface area contributed by atoms with E-state index in [4.69, 9.17) is 0 Å². The number of aldehydes is 1. The topological polar surface area (TPSA) is 64.4 Å². The van der Waals surface area contributed by atoms with Gasteiger partial charge >= 0.3 is 0 Å². The van der Waals surface area contributed by atoms with Gasteiger partial charge in [-0.15, -0.1) is 0 Å². The molecule has 1 aromatic carbocycles. The highest BCUT2D eigenvalue weighted by atomic mass is 19.2. The van der Waals surface area contributed by atoms with Gasteiger partial charge < -0.3 is 9.69 Å². The van der Waals surface area contributed by atoms with Crippen LogP contribution in [0.15, 0.2) is 12.1 Å². The number of rotatable bonds is 9. The molecule has 0 aromatic heterocycles. The third kappa shape index (κ3) is 4.86. The molecule has 1 aromatic rings. The lowest BCUT2D eigenvalue weighted by Gasteiger charge is -2.32. The number of benzene rings is 1. The average Bonchev–Trinajstić information content (AvgIpc) is 3.33. The van der Waals surface area contributed by atoms with Gasteiger partial charge in [-0.05, 0) is 74.5 Å². The first-order valence-electron chi connectivity index (χ1n) is 12.0. The molecule has 5 nitrogen and oxygen atoms in total. The number of likely N-dealkylation sites (tertiary alicyclic amines) is 2. The van der Waals surface area contributed by atoms with Crippen molar-refractivity contribution in [2.75, 3.05) is 19.6 Å². The van der Waals surface area contributed by atoms with Gasteiger partial charge in [0.1, 0.15) is 17.5 Å². The minimum atomic E-state index is -1.21. The van der Waals surface area contributed by atoms with Gasteiger partial charge in [-0.2, -0.15) is 5.26 Å². The fraction of sp³-hybridized carbons (Fsp3) is 0.615. The SMILES string of the molecule is C[C](C)CC(Cc1cc(F)c(F)cc1F)CC(C=O)N1CC[C@H]2CN(C(=O)C3(C#N)CC3)C[C@H]21. The van der Waals surface area contributed by atoms with Crippen molar-refractivity contribution in [2.45, 2.75) is 64.5 Å². The summed E-state index contributed by atoms with van der Waals surface area (Å²) >= 11 is 0. The van der Waals surface area contributed by atoms with Gasteiger partial charge in [0.15, 0.2) is 11.6 Å². The zero-order valence-electron chi connectivity index (χ0n) is 19.7. The highest BCUT2D eigenvalue weighted by Crippen LogP contribution is 2.48. The lowest BCUT2D eigenvalue weighted by Crippen LogP contribution is -2.45. The number of halogens is 3. The Hall–Kier alpha value is -2.40. The van der Waals surface area contributed by atoms with Crippen LogP contribution in [0.2, 0.25) is 0 Å². The van der Waals surface area contributed by atoms with Crippen LogP contribution >= 0.6 is 0 Å². The summed E-state index contributed by atoms with van der Waals surface area (Å²) in [7, 11) is 0. The predicted molar refractivity (Wildman–Crippen MR) is 120 cm³/mol. The van der Waals surface area contributed by atoms with Gasteiger partial charge in [0, 0.05) is 25.2 Å². The van der Waals surface area contributed by atoms with Gasteiger partial charge in [-0.25, -0.2) is 13.2 Å². The van der Waals surface area contributed by atoms with Crippen molar-refractivity contribution in [3.8, 4) is 6.07 Å². The summed E-state index contributed by atoms with van der Waals surface area (Å²) in [6.45, 7) is 5.78. The molecule has 8 heteroatoms. The Morgan fingerprint density at radius 1 is 1.21 bits per heavy atom. The minimum Gasteiger partial charge on any atom is -0.339 e. The molecule has 2 heterocycles. The summed E-state index contributed by atoms with van der Waals surface area (Å²) in [5, 5.41) is 9.39. The van der Waals surface area contributed by atoms with Crippen LogP contribution in [0.25, 0.3) is 0 Å². The molecule has 1 radical (unpaired) electrons. The van der Waals surface area contributed by atoms with Crippen LogP contribution in [0, 0.1) is 52.0 Å². The Kier molecular flexibility index (Phi) is 7.04. The Bertz CT molecular complexity index is 988. The van der Waals surface area contributed by atoms with Crippen LogP contribution in [-0.2, 0) is 16.0 Å².